The van der Waals surface area contributed by atoms with Gasteiger partial charge in [0.1, 0.15) is 34.6 Å². The second kappa shape index (κ2) is 8.90. The molecule has 4 rings (SSSR count). The molecule has 9 nitrogen and oxygen atoms in total. The highest BCUT2D eigenvalue weighted by Gasteiger charge is 2.37. The van der Waals surface area contributed by atoms with Crippen LogP contribution in [0, 0.1) is 5.82 Å². The fourth-order valence-corrected chi connectivity index (χ4v) is 5.24. The van der Waals surface area contributed by atoms with Gasteiger partial charge in [-0.2, -0.15) is 0 Å². The lowest BCUT2D eigenvalue weighted by Crippen LogP contribution is -2.55. The molecule has 2 aliphatic heterocycles. The minimum absolute atomic E-state index is 0.0501. The van der Waals surface area contributed by atoms with E-state index in [2.05, 4.69) is 16.3 Å². The molecule has 2 aliphatic rings. The first-order chi connectivity index (χ1) is 15.7. The monoisotopic (exact) mass is 496 g/mol. The van der Waals surface area contributed by atoms with Gasteiger partial charge in [0.15, 0.2) is 5.03 Å². The number of carbonyl (C=O) groups excluding carboxylic acids is 1. The molecule has 1 aromatic carbocycles. The summed E-state index contributed by atoms with van der Waals surface area (Å²) in [6, 6.07) is 3.43. The summed E-state index contributed by atoms with van der Waals surface area (Å²) in [6.45, 7) is 5.04. The second-order valence-electron chi connectivity index (χ2n) is 7.65. The third-order valence-corrected chi connectivity index (χ3v) is 7.51. The maximum atomic E-state index is 14.6. The van der Waals surface area contributed by atoms with Crippen LogP contribution in [0.2, 0.25) is 5.02 Å². The first-order valence-electron chi connectivity index (χ1n) is 10.1. The minimum Gasteiger partial charge on any atom is -0.507 e. The highest BCUT2D eigenvalue weighted by atomic mass is 35.5. The van der Waals surface area contributed by atoms with Crippen LogP contribution in [0.3, 0.4) is 0 Å². The Morgan fingerprint density at radius 3 is 2.85 bits per heavy atom. The SMILES string of the molecule is C=CC(=O)N1CCN2Cc3c(S(=O)(=O)NC)nc(-c4c(O)cccc4F)c(Cl)c3OCC2C1. The number of fused-ring (bicyclic) bond motifs is 2. The molecule has 176 valence electrons. The normalized spacial score (nSPS) is 18.6. The molecule has 0 radical (unpaired) electrons. The smallest absolute Gasteiger partial charge is 0.258 e. The number of nitrogens with one attached hydrogen (secondary N) is 1. The fraction of sp³-hybridized carbons (Fsp3) is 0.333. The Morgan fingerprint density at radius 2 is 2.18 bits per heavy atom. The Morgan fingerprint density at radius 1 is 1.42 bits per heavy atom. The number of sulfonamides is 1. The van der Waals surface area contributed by atoms with Gasteiger partial charge in [0.2, 0.25) is 5.91 Å². The second-order valence-corrected chi connectivity index (χ2v) is 9.83. The lowest BCUT2D eigenvalue weighted by Gasteiger charge is -2.39. The lowest BCUT2D eigenvalue weighted by molar-refractivity contribution is -0.129. The van der Waals surface area contributed by atoms with Gasteiger partial charge in [0.05, 0.1) is 11.6 Å². The van der Waals surface area contributed by atoms with Crippen molar-refractivity contribution in [2.24, 2.45) is 0 Å². The molecule has 0 aliphatic carbocycles. The molecule has 1 amide bonds. The van der Waals surface area contributed by atoms with Crippen molar-refractivity contribution in [1.82, 2.24) is 19.5 Å². The molecular formula is C21H22ClFN4O5S. The maximum Gasteiger partial charge on any atom is 0.258 e. The third-order valence-electron chi connectivity index (χ3n) is 5.78. The summed E-state index contributed by atoms with van der Waals surface area (Å²) in [5, 5.41) is 9.77. The van der Waals surface area contributed by atoms with Gasteiger partial charge >= 0.3 is 0 Å². The van der Waals surface area contributed by atoms with Crippen molar-refractivity contribution in [1.29, 1.82) is 0 Å². The van der Waals surface area contributed by atoms with E-state index in [-0.39, 0.29) is 57.7 Å². The molecule has 1 atom stereocenters. The summed E-state index contributed by atoms with van der Waals surface area (Å²) >= 11 is 6.57. The molecule has 0 saturated carbocycles. The Hall–Kier alpha value is -2.73. The van der Waals surface area contributed by atoms with Crippen molar-refractivity contribution in [3.8, 4) is 22.8 Å². The number of benzene rings is 1. The van der Waals surface area contributed by atoms with Crippen LogP contribution in [0.1, 0.15) is 5.56 Å². The molecule has 1 aromatic heterocycles. The summed E-state index contributed by atoms with van der Waals surface area (Å²) in [5.74, 6) is -1.41. The number of ether oxygens (including phenoxy) is 1. The minimum atomic E-state index is -4.10. The number of pyridine rings is 1. The van der Waals surface area contributed by atoms with Gasteiger partial charge in [-0.3, -0.25) is 9.69 Å². The quantitative estimate of drug-likeness (QED) is 0.620. The number of phenols is 1. The van der Waals surface area contributed by atoms with Crippen molar-refractivity contribution < 1.29 is 27.4 Å². The van der Waals surface area contributed by atoms with E-state index in [9.17, 15) is 22.7 Å². The van der Waals surface area contributed by atoms with Crippen LogP contribution in [0.4, 0.5) is 4.39 Å². The van der Waals surface area contributed by atoms with Crippen molar-refractivity contribution in [2.75, 3.05) is 33.3 Å². The Labute approximate surface area is 195 Å². The van der Waals surface area contributed by atoms with Crippen molar-refractivity contribution >= 4 is 27.5 Å². The highest BCUT2D eigenvalue weighted by molar-refractivity contribution is 7.89. The average Bonchev–Trinajstić information content (AvgIpc) is 2.99. The summed E-state index contributed by atoms with van der Waals surface area (Å²) in [6.07, 6.45) is 1.24. The van der Waals surface area contributed by atoms with E-state index < -0.39 is 21.6 Å². The number of hydrogen-bond donors (Lipinski definition) is 2. The first kappa shape index (κ1) is 23.4. The van der Waals surface area contributed by atoms with Crippen LogP contribution < -0.4 is 9.46 Å². The number of aromatic hydroxyl groups is 1. The van der Waals surface area contributed by atoms with Gasteiger partial charge in [-0.15, -0.1) is 0 Å². The molecule has 3 heterocycles. The molecule has 12 heteroatoms. The number of nitrogens with zero attached hydrogens (tertiary/aromatic N) is 3. The van der Waals surface area contributed by atoms with Crippen molar-refractivity contribution in [3.63, 3.8) is 0 Å². The van der Waals surface area contributed by atoms with E-state index in [0.717, 1.165) is 6.07 Å². The van der Waals surface area contributed by atoms with E-state index in [1.54, 1.807) is 4.90 Å². The van der Waals surface area contributed by atoms with Gasteiger partial charge < -0.3 is 14.7 Å². The largest absolute Gasteiger partial charge is 0.507 e. The number of carbonyl (C=O) groups is 1. The molecule has 2 N–H and O–H groups in total. The number of aromatic nitrogens is 1. The summed E-state index contributed by atoms with van der Waals surface area (Å²) in [5.41, 5.74) is -0.353. The van der Waals surface area contributed by atoms with Gasteiger partial charge in [-0.05, 0) is 25.3 Å². The molecular weight excluding hydrogens is 475 g/mol. The zero-order valence-electron chi connectivity index (χ0n) is 17.7. The first-order valence-corrected chi connectivity index (χ1v) is 12.0. The van der Waals surface area contributed by atoms with Crippen LogP contribution in [0.15, 0.2) is 35.9 Å². The third kappa shape index (κ3) is 4.17. The predicted molar refractivity (Wildman–Crippen MR) is 119 cm³/mol. The number of rotatable bonds is 4. The van der Waals surface area contributed by atoms with E-state index in [1.165, 1.54) is 25.3 Å². The van der Waals surface area contributed by atoms with E-state index in [0.29, 0.717) is 19.6 Å². The molecule has 1 fully saturated rings. The maximum absolute atomic E-state index is 14.6. The number of amides is 1. The van der Waals surface area contributed by atoms with E-state index in [1.807, 2.05) is 4.90 Å². The highest BCUT2D eigenvalue weighted by Crippen LogP contribution is 2.44. The van der Waals surface area contributed by atoms with Crippen LogP contribution >= 0.6 is 11.6 Å². The Bertz CT molecular complexity index is 1220. The molecule has 0 spiro atoms. The van der Waals surface area contributed by atoms with Crippen molar-refractivity contribution in [3.05, 3.63) is 47.3 Å². The molecule has 0 bridgehead atoms. The zero-order chi connectivity index (χ0) is 23.9. The van der Waals surface area contributed by atoms with Gasteiger partial charge in [-0.1, -0.05) is 24.2 Å². The molecule has 1 unspecified atom stereocenters. The summed E-state index contributed by atoms with van der Waals surface area (Å²) in [7, 11) is -2.87. The number of hydrogen-bond acceptors (Lipinski definition) is 7. The van der Waals surface area contributed by atoms with Gasteiger partial charge in [-0.25, -0.2) is 22.5 Å². The van der Waals surface area contributed by atoms with Crippen LogP contribution in [0.5, 0.6) is 11.5 Å². The molecule has 2 aromatic rings. The number of piperazine rings is 1. The summed E-state index contributed by atoms with van der Waals surface area (Å²) < 4.78 is 48.6. The number of halogens is 2. The predicted octanol–water partition coefficient (Wildman–Crippen LogP) is 1.75. The zero-order valence-corrected chi connectivity index (χ0v) is 19.3. The summed E-state index contributed by atoms with van der Waals surface area (Å²) in [4.78, 5) is 19.9. The van der Waals surface area contributed by atoms with Crippen molar-refractivity contribution in [2.45, 2.75) is 17.6 Å². The van der Waals surface area contributed by atoms with Crippen LogP contribution in [-0.4, -0.2) is 73.5 Å². The number of phenolic OH excluding ortho intramolecular Hbond substituents is 1. The van der Waals surface area contributed by atoms with E-state index >= 15 is 0 Å². The average molecular weight is 497 g/mol. The molecule has 1 saturated heterocycles. The standard InChI is InChI=1S/C21H22ClFN4O5S/c1-3-16(29)27-8-7-26-10-13-20(32-11-12(26)9-27)18(22)19(25-21(13)33(30,31)24-2)17-14(23)5-4-6-15(17)28/h3-6,12,24,28H,1,7-11H2,2H3. The Balaban J connectivity index is 1.86. The fourth-order valence-electron chi connectivity index (χ4n) is 4.05. The lowest BCUT2D eigenvalue weighted by atomic mass is 10.1. The topological polar surface area (TPSA) is 112 Å². The Kier molecular flexibility index (Phi) is 6.32. The van der Waals surface area contributed by atoms with E-state index in [4.69, 9.17) is 16.3 Å². The van der Waals surface area contributed by atoms with Gasteiger partial charge in [0, 0.05) is 31.7 Å². The van der Waals surface area contributed by atoms with Gasteiger partial charge in [0.25, 0.3) is 10.0 Å². The van der Waals surface area contributed by atoms with Crippen LogP contribution in [0.25, 0.3) is 11.3 Å². The van der Waals surface area contributed by atoms with Crippen LogP contribution in [-0.2, 0) is 21.4 Å². The molecule has 33 heavy (non-hydrogen) atoms.